The summed E-state index contributed by atoms with van der Waals surface area (Å²) in [5.74, 6) is -0.768. The maximum Gasteiger partial charge on any atom is 0.346 e. The lowest BCUT2D eigenvalue weighted by Crippen LogP contribution is -2.25. The summed E-state index contributed by atoms with van der Waals surface area (Å²) < 4.78 is 5.32. The molecule has 6 nitrogen and oxygen atoms in total. The molecule has 0 spiro atoms. The van der Waals surface area contributed by atoms with Crippen LogP contribution in [0.4, 0.5) is 5.69 Å². The second-order valence-corrected chi connectivity index (χ2v) is 4.97. The van der Waals surface area contributed by atoms with E-state index in [1.54, 1.807) is 12.1 Å². The van der Waals surface area contributed by atoms with Gasteiger partial charge in [-0.05, 0) is 31.1 Å². The van der Waals surface area contributed by atoms with Crippen LogP contribution in [0, 0.1) is 11.3 Å². The first-order valence-corrected chi connectivity index (χ1v) is 7.46. The lowest BCUT2D eigenvalue weighted by atomic mass is 10.1. The van der Waals surface area contributed by atoms with Crippen LogP contribution in [0.25, 0.3) is 6.08 Å². The normalized spacial score (nSPS) is 11.0. The number of rotatable bonds is 9. The highest BCUT2D eigenvalue weighted by molar-refractivity contribution is 5.97. The molecule has 0 aliphatic carbocycles. The van der Waals surface area contributed by atoms with Gasteiger partial charge in [0.05, 0.1) is 7.11 Å². The van der Waals surface area contributed by atoms with Crippen molar-refractivity contribution in [2.45, 2.75) is 19.8 Å². The standard InChI is InChI=1S/C17H22N2O4/c1-3-7-19(8-4-9-20)15-6-5-13(16(11-15)23-2)10-14(12-18)17(21)22/h5-6,10-11,20H,3-4,7-9H2,1-2H3,(H,21,22)/b14-10+. The summed E-state index contributed by atoms with van der Waals surface area (Å²) in [6, 6.07) is 7.06. The fraction of sp³-hybridized carbons (Fsp3) is 0.412. The molecule has 0 bridgehead atoms. The second kappa shape index (κ2) is 9.49. The molecule has 0 aliphatic heterocycles. The van der Waals surface area contributed by atoms with Gasteiger partial charge in [0.1, 0.15) is 17.4 Å². The summed E-state index contributed by atoms with van der Waals surface area (Å²) in [6.45, 7) is 3.77. The van der Waals surface area contributed by atoms with E-state index >= 15 is 0 Å². The fourth-order valence-electron chi connectivity index (χ4n) is 2.21. The summed E-state index contributed by atoms with van der Waals surface area (Å²) in [7, 11) is 1.50. The Kier molecular flexibility index (Phi) is 7.64. The van der Waals surface area contributed by atoms with Gasteiger partial charge in [0.25, 0.3) is 0 Å². The highest BCUT2D eigenvalue weighted by atomic mass is 16.5. The molecule has 23 heavy (non-hydrogen) atoms. The van der Waals surface area contributed by atoms with Gasteiger partial charge in [0.2, 0.25) is 0 Å². The maximum atomic E-state index is 10.9. The van der Waals surface area contributed by atoms with Gasteiger partial charge in [0, 0.05) is 37.0 Å². The third-order valence-electron chi connectivity index (χ3n) is 3.31. The molecule has 0 radical (unpaired) electrons. The quantitative estimate of drug-likeness (QED) is 0.536. The predicted octanol–water partition coefficient (Wildman–Crippen LogP) is 2.29. The van der Waals surface area contributed by atoms with Crippen LogP contribution in [0.2, 0.25) is 0 Å². The van der Waals surface area contributed by atoms with E-state index in [1.807, 2.05) is 12.1 Å². The number of hydrogen-bond acceptors (Lipinski definition) is 5. The SMILES string of the molecule is CCCN(CCCO)c1ccc(/C=C(\C#N)C(=O)O)c(OC)c1. The van der Waals surface area contributed by atoms with Crippen molar-refractivity contribution in [1.82, 2.24) is 0 Å². The minimum Gasteiger partial charge on any atom is -0.496 e. The van der Waals surface area contributed by atoms with Crippen molar-refractivity contribution < 1.29 is 19.7 Å². The van der Waals surface area contributed by atoms with Crippen LogP contribution in [0.15, 0.2) is 23.8 Å². The number of carbonyl (C=O) groups is 1. The van der Waals surface area contributed by atoms with Crippen LogP contribution >= 0.6 is 0 Å². The van der Waals surface area contributed by atoms with Gasteiger partial charge in [-0.15, -0.1) is 0 Å². The number of hydrogen-bond donors (Lipinski definition) is 2. The molecule has 0 atom stereocenters. The fourth-order valence-corrected chi connectivity index (χ4v) is 2.21. The summed E-state index contributed by atoms with van der Waals surface area (Å²) in [5, 5.41) is 26.8. The van der Waals surface area contributed by atoms with Crippen molar-refractivity contribution in [1.29, 1.82) is 5.26 Å². The third kappa shape index (κ3) is 5.31. The predicted molar refractivity (Wildman–Crippen MR) is 88.4 cm³/mol. The molecule has 1 aromatic carbocycles. The molecule has 0 saturated heterocycles. The van der Waals surface area contributed by atoms with Gasteiger partial charge < -0.3 is 19.8 Å². The molecule has 1 aromatic rings. The van der Waals surface area contributed by atoms with Crippen LogP contribution in [-0.2, 0) is 4.79 Å². The van der Waals surface area contributed by atoms with Gasteiger partial charge in [0.15, 0.2) is 0 Å². The highest BCUT2D eigenvalue weighted by Crippen LogP contribution is 2.28. The number of carboxylic acids is 1. The van der Waals surface area contributed by atoms with E-state index < -0.39 is 5.97 Å². The first kappa shape index (κ1) is 18.5. The largest absolute Gasteiger partial charge is 0.496 e. The van der Waals surface area contributed by atoms with Crippen LogP contribution in [-0.4, -0.2) is 43.0 Å². The molecular formula is C17H22N2O4. The number of aliphatic carboxylic acids is 1. The molecular weight excluding hydrogens is 296 g/mol. The molecule has 124 valence electrons. The number of ether oxygens (including phenoxy) is 1. The summed E-state index contributed by atoms with van der Waals surface area (Å²) in [4.78, 5) is 13.1. The van der Waals surface area contributed by atoms with E-state index in [0.717, 1.165) is 25.2 Å². The smallest absolute Gasteiger partial charge is 0.346 e. The van der Waals surface area contributed by atoms with Crippen molar-refractivity contribution in [2.75, 3.05) is 31.7 Å². The first-order chi connectivity index (χ1) is 11.1. The lowest BCUT2D eigenvalue weighted by Gasteiger charge is -2.25. The van der Waals surface area contributed by atoms with Crippen LogP contribution in [0.3, 0.4) is 0 Å². The summed E-state index contributed by atoms with van der Waals surface area (Å²) in [6.07, 6.45) is 2.93. The summed E-state index contributed by atoms with van der Waals surface area (Å²) >= 11 is 0. The Morgan fingerprint density at radius 3 is 2.70 bits per heavy atom. The van der Waals surface area contributed by atoms with Crippen LogP contribution in [0.1, 0.15) is 25.3 Å². The third-order valence-corrected chi connectivity index (χ3v) is 3.31. The number of methoxy groups -OCH3 is 1. The van der Waals surface area contributed by atoms with E-state index in [0.29, 0.717) is 17.7 Å². The zero-order valence-electron chi connectivity index (χ0n) is 13.5. The first-order valence-electron chi connectivity index (χ1n) is 7.46. The Hall–Kier alpha value is -2.52. The summed E-state index contributed by atoms with van der Waals surface area (Å²) in [5.41, 5.74) is 1.12. The van der Waals surface area contributed by atoms with E-state index in [1.165, 1.54) is 13.2 Å². The number of benzene rings is 1. The van der Waals surface area contributed by atoms with Crippen molar-refractivity contribution in [3.8, 4) is 11.8 Å². The molecule has 0 unspecified atom stereocenters. The monoisotopic (exact) mass is 318 g/mol. The molecule has 0 saturated carbocycles. The average Bonchev–Trinajstić information content (AvgIpc) is 2.56. The molecule has 0 aliphatic rings. The molecule has 0 amide bonds. The van der Waals surface area contributed by atoms with Gasteiger partial charge in [-0.2, -0.15) is 5.26 Å². The zero-order chi connectivity index (χ0) is 17.2. The van der Waals surface area contributed by atoms with Crippen molar-refractivity contribution in [2.24, 2.45) is 0 Å². The number of nitrogens with zero attached hydrogens (tertiary/aromatic N) is 2. The Balaban J connectivity index is 3.16. The van der Waals surface area contributed by atoms with E-state index in [2.05, 4.69) is 11.8 Å². The number of anilines is 1. The minimum absolute atomic E-state index is 0.127. The molecule has 6 heteroatoms. The van der Waals surface area contributed by atoms with Gasteiger partial charge in [-0.1, -0.05) is 6.92 Å². The zero-order valence-corrected chi connectivity index (χ0v) is 13.5. The van der Waals surface area contributed by atoms with Crippen LogP contribution in [0.5, 0.6) is 5.75 Å². The highest BCUT2D eigenvalue weighted by Gasteiger charge is 2.12. The topological polar surface area (TPSA) is 93.8 Å². The molecule has 0 heterocycles. The maximum absolute atomic E-state index is 10.9. The lowest BCUT2D eigenvalue weighted by molar-refractivity contribution is -0.132. The van der Waals surface area contributed by atoms with E-state index in [4.69, 9.17) is 20.2 Å². The van der Waals surface area contributed by atoms with E-state index in [9.17, 15) is 4.79 Å². The Morgan fingerprint density at radius 2 is 2.17 bits per heavy atom. The van der Waals surface area contributed by atoms with Crippen molar-refractivity contribution >= 4 is 17.7 Å². The molecule has 0 aromatic heterocycles. The van der Waals surface area contributed by atoms with Crippen molar-refractivity contribution in [3.63, 3.8) is 0 Å². The minimum atomic E-state index is -1.27. The van der Waals surface area contributed by atoms with E-state index in [-0.39, 0.29) is 12.2 Å². The number of aliphatic hydroxyl groups is 1. The molecule has 1 rings (SSSR count). The van der Waals surface area contributed by atoms with Gasteiger partial charge in [-0.25, -0.2) is 4.79 Å². The molecule has 0 fully saturated rings. The number of carboxylic acid groups (broad SMARTS) is 1. The number of nitriles is 1. The Morgan fingerprint density at radius 1 is 1.43 bits per heavy atom. The van der Waals surface area contributed by atoms with Gasteiger partial charge >= 0.3 is 5.97 Å². The Labute approximate surface area is 136 Å². The Bertz CT molecular complexity index is 605. The van der Waals surface area contributed by atoms with Crippen LogP contribution < -0.4 is 9.64 Å². The molecule has 2 N–H and O–H groups in total. The second-order valence-electron chi connectivity index (χ2n) is 4.97. The average molecular weight is 318 g/mol. The van der Waals surface area contributed by atoms with Crippen molar-refractivity contribution in [3.05, 3.63) is 29.3 Å². The number of aliphatic hydroxyl groups excluding tert-OH is 1. The van der Waals surface area contributed by atoms with Gasteiger partial charge in [-0.3, -0.25) is 0 Å².